The Kier molecular flexibility index (Phi) is 6.19. The predicted octanol–water partition coefficient (Wildman–Crippen LogP) is 2.67. The van der Waals surface area contributed by atoms with Crippen LogP contribution in [0.5, 0.6) is 0 Å². The monoisotopic (exact) mass is 363 g/mol. The number of rotatable bonds is 7. The fraction of sp³-hybridized carbons (Fsp3) is 0.286. The van der Waals surface area contributed by atoms with Gasteiger partial charge in [-0.25, -0.2) is 0 Å². The molecule has 1 N–H and O–H groups in total. The largest absolute Gasteiger partial charge is 0.333 e. The van der Waals surface area contributed by atoms with Crippen LogP contribution in [0.3, 0.4) is 0 Å². The molecule has 27 heavy (non-hydrogen) atoms. The molecule has 0 unspecified atom stereocenters. The van der Waals surface area contributed by atoms with E-state index < -0.39 is 11.4 Å². The molecule has 0 fully saturated rings. The van der Waals surface area contributed by atoms with Crippen LogP contribution >= 0.6 is 0 Å². The minimum atomic E-state index is -1.01. The lowest BCUT2D eigenvalue weighted by atomic mass is 10.0. The molecule has 0 atom stereocenters. The third-order valence-electron chi connectivity index (χ3n) is 3.86. The summed E-state index contributed by atoms with van der Waals surface area (Å²) in [6, 6.07) is 12.1. The van der Waals surface area contributed by atoms with Gasteiger partial charge >= 0.3 is 0 Å². The SMILES string of the molecule is CC(=O)Cc1ccc(C(=O)Cc2ccnc(C(=O)NC(C)(C)C#N)c2)cc1. The van der Waals surface area contributed by atoms with Gasteiger partial charge < -0.3 is 5.32 Å². The van der Waals surface area contributed by atoms with E-state index in [1.54, 1.807) is 50.2 Å². The second-order valence-electron chi connectivity index (χ2n) is 6.92. The number of ketones is 2. The first kappa shape index (κ1) is 20.0. The number of hydrogen-bond donors (Lipinski definition) is 1. The molecular weight excluding hydrogens is 342 g/mol. The number of carbonyl (C=O) groups is 3. The number of carbonyl (C=O) groups excluding carboxylic acids is 3. The third-order valence-corrected chi connectivity index (χ3v) is 3.86. The van der Waals surface area contributed by atoms with Crippen LogP contribution in [0.1, 0.15) is 52.7 Å². The van der Waals surface area contributed by atoms with E-state index in [-0.39, 0.29) is 23.7 Å². The van der Waals surface area contributed by atoms with E-state index >= 15 is 0 Å². The van der Waals surface area contributed by atoms with E-state index in [1.807, 2.05) is 6.07 Å². The van der Waals surface area contributed by atoms with Crippen LogP contribution < -0.4 is 5.32 Å². The summed E-state index contributed by atoms with van der Waals surface area (Å²) in [5.74, 6) is -0.500. The molecular formula is C21H21N3O3. The zero-order valence-corrected chi connectivity index (χ0v) is 15.6. The van der Waals surface area contributed by atoms with Gasteiger partial charge in [0, 0.05) is 24.6 Å². The first-order valence-electron chi connectivity index (χ1n) is 8.50. The highest BCUT2D eigenvalue weighted by Crippen LogP contribution is 2.12. The van der Waals surface area contributed by atoms with E-state index in [1.165, 1.54) is 13.1 Å². The molecule has 0 aliphatic rings. The fourth-order valence-corrected chi connectivity index (χ4v) is 2.47. The maximum Gasteiger partial charge on any atom is 0.271 e. The topological polar surface area (TPSA) is 99.9 Å². The van der Waals surface area contributed by atoms with E-state index in [0.29, 0.717) is 17.5 Å². The maximum atomic E-state index is 12.5. The molecule has 138 valence electrons. The van der Waals surface area contributed by atoms with Crippen molar-refractivity contribution < 1.29 is 14.4 Å². The van der Waals surface area contributed by atoms with Crippen LogP contribution in [-0.4, -0.2) is 28.0 Å². The number of aromatic nitrogens is 1. The minimum absolute atomic E-state index is 0.0660. The van der Waals surface area contributed by atoms with Crippen LogP contribution in [0.25, 0.3) is 0 Å². The zero-order valence-electron chi connectivity index (χ0n) is 15.6. The number of benzene rings is 1. The summed E-state index contributed by atoms with van der Waals surface area (Å²) in [4.78, 5) is 39.8. The normalized spacial score (nSPS) is 10.7. The smallest absolute Gasteiger partial charge is 0.271 e. The molecule has 2 aromatic rings. The van der Waals surface area contributed by atoms with Gasteiger partial charge in [0.2, 0.25) is 0 Å². The van der Waals surface area contributed by atoms with Crippen molar-refractivity contribution in [3.05, 3.63) is 65.0 Å². The van der Waals surface area contributed by atoms with Gasteiger partial charge in [-0.05, 0) is 44.0 Å². The number of pyridine rings is 1. The molecule has 0 saturated heterocycles. The van der Waals surface area contributed by atoms with Crippen LogP contribution in [0.4, 0.5) is 0 Å². The summed E-state index contributed by atoms with van der Waals surface area (Å²) in [6.45, 7) is 4.70. The van der Waals surface area contributed by atoms with Crippen molar-refractivity contribution in [2.45, 2.75) is 39.2 Å². The van der Waals surface area contributed by atoms with Gasteiger partial charge in [0.25, 0.3) is 5.91 Å². The Morgan fingerprint density at radius 2 is 1.74 bits per heavy atom. The second-order valence-corrected chi connectivity index (χ2v) is 6.92. The molecule has 2 rings (SSSR count). The van der Waals surface area contributed by atoms with Crippen LogP contribution in [0, 0.1) is 11.3 Å². The van der Waals surface area contributed by atoms with Gasteiger partial charge in [-0.2, -0.15) is 5.26 Å². The molecule has 0 aliphatic heterocycles. The Labute approximate surface area is 158 Å². The molecule has 0 radical (unpaired) electrons. The van der Waals surface area contributed by atoms with Crippen molar-refractivity contribution in [2.75, 3.05) is 0 Å². The van der Waals surface area contributed by atoms with Crippen molar-refractivity contribution in [3.63, 3.8) is 0 Å². The Morgan fingerprint density at radius 3 is 2.33 bits per heavy atom. The minimum Gasteiger partial charge on any atom is -0.333 e. The number of nitrogens with one attached hydrogen (secondary N) is 1. The summed E-state index contributed by atoms with van der Waals surface area (Å²) in [5, 5.41) is 11.6. The lowest BCUT2D eigenvalue weighted by Gasteiger charge is -2.17. The standard InChI is InChI=1S/C21H21N3O3/c1-14(25)10-15-4-6-17(7-5-15)19(26)12-16-8-9-23-18(11-16)20(27)24-21(2,3)13-22/h4-9,11H,10,12H2,1-3H3,(H,24,27). The molecule has 6 heteroatoms. The second kappa shape index (κ2) is 8.37. The quantitative estimate of drug-likeness (QED) is 0.762. The molecule has 6 nitrogen and oxygen atoms in total. The molecule has 0 aliphatic carbocycles. The molecule has 1 amide bonds. The lowest BCUT2D eigenvalue weighted by molar-refractivity contribution is -0.116. The summed E-state index contributed by atoms with van der Waals surface area (Å²) in [5.41, 5.74) is 1.20. The van der Waals surface area contributed by atoms with Crippen molar-refractivity contribution in [1.29, 1.82) is 5.26 Å². The van der Waals surface area contributed by atoms with E-state index in [2.05, 4.69) is 10.3 Å². The van der Waals surface area contributed by atoms with Gasteiger partial charge in [0.1, 0.15) is 17.0 Å². The first-order valence-corrected chi connectivity index (χ1v) is 8.50. The fourth-order valence-electron chi connectivity index (χ4n) is 2.47. The highest BCUT2D eigenvalue weighted by molar-refractivity contribution is 5.98. The Bertz CT molecular complexity index is 909. The summed E-state index contributed by atoms with van der Waals surface area (Å²) < 4.78 is 0. The van der Waals surface area contributed by atoms with E-state index in [0.717, 1.165) is 5.56 Å². The first-order chi connectivity index (χ1) is 12.7. The molecule has 0 saturated carbocycles. The average Bonchev–Trinajstić information content (AvgIpc) is 2.61. The van der Waals surface area contributed by atoms with Crippen LogP contribution in [-0.2, 0) is 17.6 Å². The van der Waals surface area contributed by atoms with E-state index in [4.69, 9.17) is 5.26 Å². The highest BCUT2D eigenvalue weighted by Gasteiger charge is 2.21. The lowest BCUT2D eigenvalue weighted by Crippen LogP contribution is -2.42. The van der Waals surface area contributed by atoms with Gasteiger partial charge in [-0.3, -0.25) is 19.4 Å². The maximum absolute atomic E-state index is 12.5. The van der Waals surface area contributed by atoms with Crippen molar-refractivity contribution >= 4 is 17.5 Å². The number of nitrogens with zero attached hydrogens (tertiary/aromatic N) is 2. The number of hydrogen-bond acceptors (Lipinski definition) is 5. The zero-order chi connectivity index (χ0) is 20.0. The molecule has 0 bridgehead atoms. The Hall–Kier alpha value is -3.33. The van der Waals surface area contributed by atoms with Gasteiger partial charge in [0.15, 0.2) is 5.78 Å². The molecule has 0 spiro atoms. The van der Waals surface area contributed by atoms with Crippen LogP contribution in [0.2, 0.25) is 0 Å². The van der Waals surface area contributed by atoms with Crippen molar-refractivity contribution in [2.24, 2.45) is 0 Å². The molecule has 1 heterocycles. The number of nitriles is 1. The van der Waals surface area contributed by atoms with Crippen molar-refractivity contribution in [3.8, 4) is 6.07 Å². The van der Waals surface area contributed by atoms with Gasteiger partial charge in [0.05, 0.1) is 6.07 Å². The highest BCUT2D eigenvalue weighted by atomic mass is 16.2. The Balaban J connectivity index is 2.09. The Morgan fingerprint density at radius 1 is 1.07 bits per heavy atom. The molecule has 1 aromatic carbocycles. The third kappa shape index (κ3) is 5.86. The van der Waals surface area contributed by atoms with Gasteiger partial charge in [-0.15, -0.1) is 0 Å². The summed E-state index contributed by atoms with van der Waals surface area (Å²) in [6.07, 6.45) is 1.93. The average molecular weight is 363 g/mol. The predicted molar refractivity (Wildman–Crippen MR) is 100 cm³/mol. The summed E-state index contributed by atoms with van der Waals surface area (Å²) in [7, 11) is 0. The number of amides is 1. The van der Waals surface area contributed by atoms with Crippen molar-refractivity contribution in [1.82, 2.24) is 10.3 Å². The summed E-state index contributed by atoms with van der Waals surface area (Å²) >= 11 is 0. The number of Topliss-reactive ketones (excluding diaryl/α,β-unsaturated/α-hetero) is 2. The molecule has 1 aromatic heterocycles. The van der Waals surface area contributed by atoms with Gasteiger partial charge in [-0.1, -0.05) is 24.3 Å². The van der Waals surface area contributed by atoms with E-state index in [9.17, 15) is 14.4 Å². The van der Waals surface area contributed by atoms with Crippen LogP contribution in [0.15, 0.2) is 42.6 Å².